The Morgan fingerprint density at radius 2 is 1.81 bits per heavy atom. The summed E-state index contributed by atoms with van der Waals surface area (Å²) < 4.78 is 4.71. The monoisotopic (exact) mass is 441 g/mol. The number of para-hydroxylation sites is 1. The zero-order valence-corrected chi connectivity index (χ0v) is 16.9. The zero-order valence-electron chi connectivity index (χ0n) is 16.2. The van der Waals surface area contributed by atoms with Gasteiger partial charge in [0.15, 0.2) is 12.1 Å². The quantitative estimate of drug-likeness (QED) is 0.560. The summed E-state index contributed by atoms with van der Waals surface area (Å²) in [6, 6.07) is 10.5. The second-order valence-corrected chi connectivity index (χ2v) is 7.20. The smallest absolute Gasteiger partial charge is 0.339 e. The predicted octanol–water partition coefficient (Wildman–Crippen LogP) is 2.06. The van der Waals surface area contributed by atoms with Crippen molar-refractivity contribution in [2.75, 3.05) is 23.9 Å². The van der Waals surface area contributed by atoms with Gasteiger partial charge in [-0.2, -0.15) is 5.11 Å². The maximum atomic E-state index is 12.9. The molecule has 1 saturated heterocycles. The number of hydrogen-bond donors (Lipinski definition) is 1. The van der Waals surface area contributed by atoms with Crippen molar-refractivity contribution in [2.24, 2.45) is 10.3 Å². The molecule has 4 rings (SSSR count). The van der Waals surface area contributed by atoms with Gasteiger partial charge >= 0.3 is 5.97 Å². The van der Waals surface area contributed by atoms with Gasteiger partial charge in [0.1, 0.15) is 6.54 Å². The summed E-state index contributed by atoms with van der Waals surface area (Å²) in [7, 11) is 1.24. The highest BCUT2D eigenvalue weighted by molar-refractivity contribution is 6.31. The van der Waals surface area contributed by atoms with E-state index < -0.39 is 35.8 Å². The summed E-state index contributed by atoms with van der Waals surface area (Å²) in [6.45, 7) is -0.340. The molecule has 0 aromatic heterocycles. The normalized spacial score (nSPS) is 19.5. The van der Waals surface area contributed by atoms with E-state index in [0.29, 0.717) is 10.7 Å². The van der Waals surface area contributed by atoms with Crippen molar-refractivity contribution in [3.63, 3.8) is 0 Å². The maximum absolute atomic E-state index is 12.9. The minimum Gasteiger partial charge on any atom is -0.465 e. The molecule has 0 aliphatic carbocycles. The van der Waals surface area contributed by atoms with Crippen LogP contribution in [0.5, 0.6) is 0 Å². The lowest BCUT2D eigenvalue weighted by Gasteiger charge is -2.20. The van der Waals surface area contributed by atoms with E-state index in [1.54, 1.807) is 42.5 Å². The number of ether oxygens (including phenoxy) is 1. The van der Waals surface area contributed by atoms with Gasteiger partial charge in [-0.05, 0) is 36.4 Å². The Kier molecular flexibility index (Phi) is 5.38. The Labute approximate surface area is 181 Å². The van der Waals surface area contributed by atoms with Crippen LogP contribution in [-0.2, 0) is 19.1 Å². The lowest BCUT2D eigenvalue weighted by atomic mass is 10.1. The van der Waals surface area contributed by atoms with Crippen LogP contribution >= 0.6 is 11.6 Å². The van der Waals surface area contributed by atoms with Gasteiger partial charge in [-0.25, -0.2) is 9.69 Å². The summed E-state index contributed by atoms with van der Waals surface area (Å²) in [5.74, 6) is -2.21. The van der Waals surface area contributed by atoms with Crippen LogP contribution in [0.2, 0.25) is 5.02 Å². The van der Waals surface area contributed by atoms with Crippen LogP contribution in [0.3, 0.4) is 0 Å². The molecule has 3 amide bonds. The Hall–Kier alpha value is -3.79. The van der Waals surface area contributed by atoms with Crippen molar-refractivity contribution in [2.45, 2.75) is 12.1 Å². The molecular weight excluding hydrogens is 426 g/mol. The van der Waals surface area contributed by atoms with Crippen LogP contribution in [0.4, 0.5) is 11.4 Å². The number of carbonyl (C=O) groups is 4. The highest BCUT2D eigenvalue weighted by Gasteiger charge is 2.55. The number of hydrogen-bond acceptors (Lipinski definition) is 8. The van der Waals surface area contributed by atoms with Crippen molar-refractivity contribution in [1.29, 1.82) is 0 Å². The molecule has 1 N–H and O–H groups in total. The highest BCUT2D eigenvalue weighted by atomic mass is 35.5. The van der Waals surface area contributed by atoms with E-state index in [-0.39, 0.29) is 17.8 Å². The average molecular weight is 442 g/mol. The molecule has 11 heteroatoms. The molecule has 2 atom stereocenters. The van der Waals surface area contributed by atoms with Gasteiger partial charge in [0.25, 0.3) is 11.8 Å². The number of methoxy groups -OCH3 is 1. The van der Waals surface area contributed by atoms with Gasteiger partial charge in [0, 0.05) is 5.02 Å². The van der Waals surface area contributed by atoms with E-state index in [4.69, 9.17) is 16.3 Å². The van der Waals surface area contributed by atoms with E-state index >= 15 is 0 Å². The maximum Gasteiger partial charge on any atom is 0.339 e. The van der Waals surface area contributed by atoms with Crippen LogP contribution in [0, 0.1) is 0 Å². The number of anilines is 2. The van der Waals surface area contributed by atoms with Crippen LogP contribution in [0.1, 0.15) is 10.4 Å². The first kappa shape index (κ1) is 20.5. The van der Waals surface area contributed by atoms with Crippen LogP contribution in [0.15, 0.2) is 58.9 Å². The Morgan fingerprint density at radius 1 is 1.10 bits per heavy atom. The second kappa shape index (κ2) is 8.15. The van der Waals surface area contributed by atoms with Crippen molar-refractivity contribution >= 4 is 46.7 Å². The SMILES string of the molecule is COC(=O)c1ccccc1NC(=O)CN1N=N[C@H]2C(=O)N(c3ccc(Cl)cc3)C(=O)[C@H]21. The fraction of sp³-hybridized carbons (Fsp3) is 0.200. The van der Waals surface area contributed by atoms with Gasteiger partial charge in [-0.1, -0.05) is 29.0 Å². The second-order valence-electron chi connectivity index (χ2n) is 6.77. The standard InChI is InChI=1S/C20H16ClN5O5/c1-31-20(30)13-4-2-3-5-14(13)22-15(27)10-25-17-16(23-24-25)18(28)26(19(17)29)12-8-6-11(21)7-9-12/h2-9,16-17H,10H2,1H3,(H,22,27)/t16-,17+/m1/s1. The first-order chi connectivity index (χ1) is 14.9. The molecule has 2 aliphatic heterocycles. The first-order valence-electron chi connectivity index (χ1n) is 9.18. The summed E-state index contributed by atoms with van der Waals surface area (Å²) >= 11 is 5.87. The molecule has 2 heterocycles. The number of rotatable bonds is 5. The van der Waals surface area contributed by atoms with E-state index in [2.05, 4.69) is 15.7 Å². The molecule has 0 bridgehead atoms. The third kappa shape index (κ3) is 3.73. The molecule has 10 nitrogen and oxygen atoms in total. The van der Waals surface area contributed by atoms with Gasteiger partial charge in [-0.3, -0.25) is 19.4 Å². The number of halogens is 1. The lowest BCUT2D eigenvalue weighted by Crippen LogP contribution is -2.43. The Balaban J connectivity index is 1.49. The Bertz CT molecular complexity index is 1100. The van der Waals surface area contributed by atoms with Crippen molar-refractivity contribution in [3.8, 4) is 0 Å². The van der Waals surface area contributed by atoms with Crippen molar-refractivity contribution < 1.29 is 23.9 Å². The van der Waals surface area contributed by atoms with Crippen molar-refractivity contribution in [3.05, 3.63) is 59.1 Å². The number of esters is 1. The van der Waals surface area contributed by atoms with Crippen LogP contribution < -0.4 is 10.2 Å². The predicted molar refractivity (Wildman–Crippen MR) is 109 cm³/mol. The third-order valence-corrected chi connectivity index (χ3v) is 5.11. The molecule has 2 aromatic carbocycles. The zero-order chi connectivity index (χ0) is 22.1. The number of imide groups is 1. The largest absolute Gasteiger partial charge is 0.465 e. The van der Waals surface area contributed by atoms with Crippen molar-refractivity contribution in [1.82, 2.24) is 5.01 Å². The van der Waals surface area contributed by atoms with Crippen LogP contribution in [0.25, 0.3) is 0 Å². The molecule has 158 valence electrons. The van der Waals surface area contributed by atoms with E-state index in [9.17, 15) is 19.2 Å². The average Bonchev–Trinajstić information content (AvgIpc) is 3.28. The summed E-state index contributed by atoms with van der Waals surface area (Å²) in [5.41, 5.74) is 0.796. The molecule has 0 saturated carbocycles. The van der Waals surface area contributed by atoms with Gasteiger partial charge in [0.2, 0.25) is 5.91 Å². The summed E-state index contributed by atoms with van der Waals surface area (Å²) in [6.07, 6.45) is 0. The number of fused-ring (bicyclic) bond motifs is 1. The molecule has 2 aliphatic rings. The fourth-order valence-electron chi connectivity index (χ4n) is 3.42. The molecule has 0 radical (unpaired) electrons. The van der Waals surface area contributed by atoms with Gasteiger partial charge in [0.05, 0.1) is 24.0 Å². The molecule has 0 unspecified atom stereocenters. The topological polar surface area (TPSA) is 121 Å². The number of amides is 3. The summed E-state index contributed by atoms with van der Waals surface area (Å²) in [5, 5.41) is 11.9. The Morgan fingerprint density at radius 3 is 2.52 bits per heavy atom. The van der Waals surface area contributed by atoms with E-state index in [1.807, 2.05) is 0 Å². The highest BCUT2D eigenvalue weighted by Crippen LogP contribution is 2.32. The van der Waals surface area contributed by atoms with E-state index in [1.165, 1.54) is 13.2 Å². The van der Waals surface area contributed by atoms with Gasteiger partial charge in [-0.15, -0.1) is 0 Å². The lowest BCUT2D eigenvalue weighted by molar-refractivity contribution is -0.123. The fourth-order valence-corrected chi connectivity index (χ4v) is 3.54. The number of carbonyl (C=O) groups excluding carboxylic acids is 4. The minimum absolute atomic E-state index is 0.181. The molecular formula is C20H16ClN5O5. The minimum atomic E-state index is -1.03. The molecule has 31 heavy (non-hydrogen) atoms. The third-order valence-electron chi connectivity index (χ3n) is 4.85. The molecule has 0 spiro atoms. The number of nitrogens with zero attached hydrogens (tertiary/aromatic N) is 4. The number of nitrogens with one attached hydrogen (secondary N) is 1. The van der Waals surface area contributed by atoms with Gasteiger partial charge < -0.3 is 10.1 Å². The summed E-state index contributed by atoms with van der Waals surface area (Å²) in [4.78, 5) is 51.1. The van der Waals surface area contributed by atoms with E-state index in [0.717, 1.165) is 9.91 Å². The first-order valence-corrected chi connectivity index (χ1v) is 9.56. The molecule has 1 fully saturated rings. The number of benzene rings is 2. The van der Waals surface area contributed by atoms with Crippen LogP contribution in [-0.4, -0.2) is 54.4 Å². The molecule has 2 aromatic rings.